The third kappa shape index (κ3) is 7.40. The van der Waals surface area contributed by atoms with Crippen LogP contribution in [0.15, 0.2) is 24.3 Å². The molecule has 0 heterocycles. The summed E-state index contributed by atoms with van der Waals surface area (Å²) in [5.74, 6) is 1.26. The molecule has 0 fully saturated rings. The van der Waals surface area contributed by atoms with Crippen molar-refractivity contribution in [3.8, 4) is 5.75 Å². The molecule has 0 saturated heterocycles. The molecular formula is C17H26N2O3S2. The average Bonchev–Trinajstić information content (AvgIpc) is 2.52. The molecule has 2 N–H and O–H groups in total. The van der Waals surface area contributed by atoms with Gasteiger partial charge in [0.2, 0.25) is 0 Å². The van der Waals surface area contributed by atoms with E-state index in [9.17, 15) is 4.79 Å². The fourth-order valence-electron chi connectivity index (χ4n) is 1.97. The van der Waals surface area contributed by atoms with Gasteiger partial charge in [0, 0.05) is 0 Å². The Morgan fingerprint density at radius 1 is 1.33 bits per heavy atom. The van der Waals surface area contributed by atoms with Crippen LogP contribution in [0.3, 0.4) is 0 Å². The Morgan fingerprint density at radius 2 is 2.04 bits per heavy atom. The smallest absolute Gasteiger partial charge is 0.328 e. The molecule has 0 amide bonds. The third-order valence-electron chi connectivity index (χ3n) is 2.99. The summed E-state index contributed by atoms with van der Waals surface area (Å²) in [6.45, 7) is 6.15. The summed E-state index contributed by atoms with van der Waals surface area (Å²) in [4.78, 5) is 12.2. The van der Waals surface area contributed by atoms with Gasteiger partial charge in [0.25, 0.3) is 0 Å². The van der Waals surface area contributed by atoms with Gasteiger partial charge in [-0.05, 0) is 63.6 Å². The molecular weight excluding hydrogens is 344 g/mol. The van der Waals surface area contributed by atoms with Crippen LogP contribution in [0.2, 0.25) is 0 Å². The van der Waals surface area contributed by atoms with E-state index in [1.54, 1.807) is 11.8 Å². The molecule has 0 aliphatic carbocycles. The molecule has 1 atom stereocenters. The molecule has 1 aromatic carbocycles. The van der Waals surface area contributed by atoms with Gasteiger partial charge in [-0.15, -0.1) is 0 Å². The second-order valence-corrected chi connectivity index (χ2v) is 6.74. The Kier molecular flexibility index (Phi) is 9.56. The van der Waals surface area contributed by atoms with Crippen LogP contribution in [0.5, 0.6) is 5.75 Å². The van der Waals surface area contributed by atoms with E-state index >= 15 is 0 Å². The SMILES string of the molecule is CCOc1ccccc1NC(=S)NC(CCSC)C(=O)OC(C)C. The predicted octanol–water partition coefficient (Wildman–Crippen LogP) is 3.45. The number of carbonyl (C=O) groups is 1. The van der Waals surface area contributed by atoms with Crippen LogP contribution < -0.4 is 15.4 Å². The summed E-state index contributed by atoms with van der Waals surface area (Å²) in [5.41, 5.74) is 0.762. The first-order chi connectivity index (χ1) is 11.5. The molecule has 0 aliphatic rings. The first kappa shape index (κ1) is 20.6. The predicted molar refractivity (Wildman–Crippen MR) is 105 cm³/mol. The Labute approximate surface area is 153 Å². The summed E-state index contributed by atoms with van der Waals surface area (Å²) >= 11 is 7.02. The Balaban J connectivity index is 2.72. The number of hydrogen-bond donors (Lipinski definition) is 2. The van der Waals surface area contributed by atoms with Gasteiger partial charge in [0.15, 0.2) is 5.11 Å². The quantitative estimate of drug-likeness (QED) is 0.510. The molecule has 0 saturated carbocycles. The molecule has 24 heavy (non-hydrogen) atoms. The van der Waals surface area contributed by atoms with Gasteiger partial charge in [-0.3, -0.25) is 0 Å². The van der Waals surface area contributed by atoms with E-state index in [0.29, 0.717) is 18.1 Å². The van der Waals surface area contributed by atoms with Crippen LogP contribution in [0, 0.1) is 0 Å². The summed E-state index contributed by atoms with van der Waals surface area (Å²) in [5, 5.41) is 6.51. The van der Waals surface area contributed by atoms with Crippen LogP contribution in [-0.4, -0.2) is 41.8 Å². The standard InChI is InChI=1S/C17H26N2O3S2/c1-5-21-15-9-7-6-8-13(15)18-17(23)19-14(10-11-24-4)16(20)22-12(2)3/h6-9,12,14H,5,10-11H2,1-4H3,(H2,18,19,23). The monoisotopic (exact) mass is 370 g/mol. The van der Waals surface area contributed by atoms with Crippen molar-refractivity contribution >= 4 is 40.7 Å². The number of para-hydroxylation sites is 2. The molecule has 134 valence electrons. The van der Waals surface area contributed by atoms with Crippen molar-refractivity contribution < 1.29 is 14.3 Å². The highest BCUT2D eigenvalue weighted by Gasteiger charge is 2.21. The maximum Gasteiger partial charge on any atom is 0.328 e. The lowest BCUT2D eigenvalue weighted by molar-refractivity contribution is -0.149. The topological polar surface area (TPSA) is 59.6 Å². The van der Waals surface area contributed by atoms with Crippen molar-refractivity contribution in [3.63, 3.8) is 0 Å². The van der Waals surface area contributed by atoms with Crippen molar-refractivity contribution in [2.24, 2.45) is 0 Å². The minimum atomic E-state index is -0.473. The number of nitrogens with one attached hydrogen (secondary N) is 2. The van der Waals surface area contributed by atoms with E-state index < -0.39 is 6.04 Å². The summed E-state index contributed by atoms with van der Waals surface area (Å²) < 4.78 is 10.9. The fourth-order valence-corrected chi connectivity index (χ4v) is 2.69. The maximum absolute atomic E-state index is 12.2. The zero-order valence-electron chi connectivity index (χ0n) is 14.6. The number of thiocarbonyl (C=S) groups is 1. The minimum absolute atomic E-state index is 0.156. The van der Waals surface area contributed by atoms with Crippen LogP contribution in [0.4, 0.5) is 5.69 Å². The number of esters is 1. The lowest BCUT2D eigenvalue weighted by atomic mass is 10.2. The average molecular weight is 371 g/mol. The van der Waals surface area contributed by atoms with E-state index in [4.69, 9.17) is 21.7 Å². The highest BCUT2D eigenvalue weighted by molar-refractivity contribution is 7.98. The number of thioether (sulfide) groups is 1. The minimum Gasteiger partial charge on any atom is -0.492 e. The van der Waals surface area contributed by atoms with Crippen molar-refractivity contribution in [1.29, 1.82) is 0 Å². The van der Waals surface area contributed by atoms with Crippen molar-refractivity contribution in [1.82, 2.24) is 5.32 Å². The highest BCUT2D eigenvalue weighted by atomic mass is 32.2. The van der Waals surface area contributed by atoms with Crippen molar-refractivity contribution in [2.45, 2.75) is 39.3 Å². The molecule has 0 radical (unpaired) electrons. The lowest BCUT2D eigenvalue weighted by Crippen LogP contribution is -2.44. The Morgan fingerprint density at radius 3 is 2.67 bits per heavy atom. The van der Waals surface area contributed by atoms with E-state index in [1.807, 2.05) is 51.3 Å². The van der Waals surface area contributed by atoms with Crippen LogP contribution >= 0.6 is 24.0 Å². The second-order valence-electron chi connectivity index (χ2n) is 5.35. The molecule has 0 aliphatic heterocycles. The van der Waals surface area contributed by atoms with Crippen molar-refractivity contribution in [3.05, 3.63) is 24.3 Å². The largest absolute Gasteiger partial charge is 0.492 e. The van der Waals surface area contributed by atoms with Crippen molar-refractivity contribution in [2.75, 3.05) is 23.9 Å². The van der Waals surface area contributed by atoms with E-state index in [2.05, 4.69) is 10.6 Å². The van der Waals surface area contributed by atoms with Gasteiger partial charge < -0.3 is 20.1 Å². The van der Waals surface area contributed by atoms with Gasteiger partial charge in [0.05, 0.1) is 18.4 Å². The first-order valence-electron chi connectivity index (χ1n) is 7.96. The number of anilines is 1. The maximum atomic E-state index is 12.2. The van der Waals surface area contributed by atoms with Gasteiger partial charge in [-0.25, -0.2) is 4.79 Å². The highest BCUT2D eigenvalue weighted by Crippen LogP contribution is 2.23. The molecule has 0 aromatic heterocycles. The molecule has 1 unspecified atom stereocenters. The number of benzene rings is 1. The van der Waals surface area contributed by atoms with Gasteiger partial charge in [0.1, 0.15) is 11.8 Å². The first-order valence-corrected chi connectivity index (χ1v) is 9.76. The number of hydrogen-bond acceptors (Lipinski definition) is 5. The summed E-state index contributed by atoms with van der Waals surface area (Å²) in [6, 6.07) is 7.06. The third-order valence-corrected chi connectivity index (χ3v) is 3.85. The van der Waals surface area contributed by atoms with Crippen LogP contribution in [0.1, 0.15) is 27.2 Å². The molecule has 0 bridgehead atoms. The van der Waals surface area contributed by atoms with E-state index in [0.717, 1.165) is 17.2 Å². The molecule has 0 spiro atoms. The summed E-state index contributed by atoms with van der Waals surface area (Å²) in [6.07, 6.45) is 2.48. The molecule has 7 heteroatoms. The summed E-state index contributed by atoms with van der Waals surface area (Å²) in [7, 11) is 0. The van der Waals surface area contributed by atoms with E-state index in [1.165, 1.54) is 0 Å². The number of ether oxygens (including phenoxy) is 2. The zero-order chi connectivity index (χ0) is 17.9. The van der Waals surface area contributed by atoms with Crippen LogP contribution in [0.25, 0.3) is 0 Å². The zero-order valence-corrected chi connectivity index (χ0v) is 16.3. The fraction of sp³-hybridized carbons (Fsp3) is 0.529. The Hall–Kier alpha value is -1.47. The molecule has 1 aromatic rings. The van der Waals surface area contributed by atoms with E-state index in [-0.39, 0.29) is 12.1 Å². The number of rotatable bonds is 9. The van der Waals surface area contributed by atoms with Gasteiger partial charge >= 0.3 is 5.97 Å². The Bertz CT molecular complexity index is 538. The van der Waals surface area contributed by atoms with Gasteiger partial charge in [-0.2, -0.15) is 11.8 Å². The van der Waals surface area contributed by atoms with Gasteiger partial charge in [-0.1, -0.05) is 12.1 Å². The second kappa shape index (κ2) is 11.1. The van der Waals surface area contributed by atoms with Crippen LogP contribution in [-0.2, 0) is 9.53 Å². The lowest BCUT2D eigenvalue weighted by Gasteiger charge is -2.21. The normalized spacial score (nSPS) is 11.7. The number of carbonyl (C=O) groups excluding carboxylic acids is 1. The molecule has 1 rings (SSSR count). The molecule has 5 nitrogen and oxygen atoms in total.